The SMILES string of the molecule is COC(=O)c1ccc(C)c(I)n1. The topological polar surface area (TPSA) is 39.2 Å². The summed E-state index contributed by atoms with van der Waals surface area (Å²) in [6.07, 6.45) is 0. The molecule has 1 aromatic rings. The number of aromatic nitrogens is 1. The number of halogens is 1. The van der Waals surface area contributed by atoms with Gasteiger partial charge in [-0.05, 0) is 41.1 Å². The van der Waals surface area contributed by atoms with Gasteiger partial charge in [0.2, 0.25) is 0 Å². The van der Waals surface area contributed by atoms with Gasteiger partial charge < -0.3 is 4.74 Å². The first-order valence-electron chi connectivity index (χ1n) is 3.36. The molecule has 1 rings (SSSR count). The Morgan fingerprint density at radius 1 is 1.58 bits per heavy atom. The maximum atomic E-state index is 11.0. The Hall–Kier alpha value is -0.650. The van der Waals surface area contributed by atoms with Crippen LogP contribution in [0.3, 0.4) is 0 Å². The van der Waals surface area contributed by atoms with E-state index in [1.807, 2.05) is 13.0 Å². The number of hydrogen-bond donors (Lipinski definition) is 0. The van der Waals surface area contributed by atoms with E-state index < -0.39 is 5.97 Å². The van der Waals surface area contributed by atoms with Crippen molar-refractivity contribution in [2.45, 2.75) is 6.92 Å². The Morgan fingerprint density at radius 3 is 2.75 bits per heavy atom. The first-order chi connectivity index (χ1) is 5.65. The third-order valence-electron chi connectivity index (χ3n) is 1.43. The monoisotopic (exact) mass is 277 g/mol. The smallest absolute Gasteiger partial charge is 0.356 e. The lowest BCUT2D eigenvalue weighted by Crippen LogP contribution is -2.05. The molecule has 0 aliphatic carbocycles. The third kappa shape index (κ3) is 1.94. The number of aryl methyl sites for hydroxylation is 1. The zero-order valence-electron chi connectivity index (χ0n) is 6.80. The Balaban J connectivity index is 3.05. The molecule has 0 N–H and O–H groups in total. The molecule has 0 saturated carbocycles. The fourth-order valence-electron chi connectivity index (χ4n) is 0.722. The van der Waals surface area contributed by atoms with Gasteiger partial charge in [0.1, 0.15) is 9.39 Å². The molecule has 0 spiro atoms. The predicted molar refractivity (Wildman–Crippen MR) is 53.0 cm³/mol. The van der Waals surface area contributed by atoms with Crippen LogP contribution in [-0.2, 0) is 4.74 Å². The molecule has 1 aromatic heterocycles. The highest BCUT2D eigenvalue weighted by Gasteiger charge is 2.07. The second kappa shape index (κ2) is 3.84. The minimum absolute atomic E-state index is 0.354. The van der Waals surface area contributed by atoms with Gasteiger partial charge in [0.25, 0.3) is 0 Å². The van der Waals surface area contributed by atoms with E-state index in [-0.39, 0.29) is 0 Å². The zero-order valence-corrected chi connectivity index (χ0v) is 8.95. The highest BCUT2D eigenvalue weighted by molar-refractivity contribution is 14.1. The number of pyridine rings is 1. The van der Waals surface area contributed by atoms with Crippen LogP contribution in [0.4, 0.5) is 0 Å². The summed E-state index contributed by atoms with van der Waals surface area (Å²) < 4.78 is 5.36. The van der Waals surface area contributed by atoms with Gasteiger partial charge in [0.05, 0.1) is 7.11 Å². The molecule has 0 atom stereocenters. The van der Waals surface area contributed by atoms with Crippen molar-refractivity contribution in [1.29, 1.82) is 0 Å². The van der Waals surface area contributed by atoms with Crippen LogP contribution in [0.5, 0.6) is 0 Å². The number of methoxy groups -OCH3 is 1. The molecule has 1 heterocycles. The van der Waals surface area contributed by atoms with Gasteiger partial charge in [-0.15, -0.1) is 0 Å². The van der Waals surface area contributed by atoms with Gasteiger partial charge in [-0.3, -0.25) is 0 Å². The van der Waals surface area contributed by atoms with Crippen LogP contribution >= 0.6 is 22.6 Å². The molecule has 0 unspecified atom stereocenters. The van der Waals surface area contributed by atoms with Gasteiger partial charge in [-0.2, -0.15) is 0 Å². The van der Waals surface area contributed by atoms with Gasteiger partial charge in [-0.25, -0.2) is 9.78 Å². The number of hydrogen-bond acceptors (Lipinski definition) is 3. The molecular weight excluding hydrogens is 269 g/mol. The summed E-state index contributed by atoms with van der Waals surface area (Å²) in [4.78, 5) is 15.0. The molecule has 64 valence electrons. The maximum absolute atomic E-state index is 11.0. The van der Waals surface area contributed by atoms with Crippen molar-refractivity contribution in [2.24, 2.45) is 0 Å². The summed E-state index contributed by atoms with van der Waals surface area (Å²) in [6, 6.07) is 3.50. The van der Waals surface area contributed by atoms with Crippen molar-refractivity contribution < 1.29 is 9.53 Å². The van der Waals surface area contributed by atoms with E-state index in [0.717, 1.165) is 9.26 Å². The van der Waals surface area contributed by atoms with Crippen LogP contribution in [0.15, 0.2) is 12.1 Å². The molecule has 0 aliphatic rings. The van der Waals surface area contributed by atoms with Crippen LogP contribution < -0.4 is 0 Å². The van der Waals surface area contributed by atoms with E-state index in [9.17, 15) is 4.79 Å². The van der Waals surface area contributed by atoms with Crippen molar-refractivity contribution in [2.75, 3.05) is 7.11 Å². The van der Waals surface area contributed by atoms with Gasteiger partial charge in [0, 0.05) is 0 Å². The van der Waals surface area contributed by atoms with E-state index in [1.165, 1.54) is 7.11 Å². The summed E-state index contributed by atoms with van der Waals surface area (Å²) in [5, 5.41) is 0. The van der Waals surface area contributed by atoms with E-state index in [1.54, 1.807) is 6.07 Å². The fraction of sp³-hybridized carbons (Fsp3) is 0.250. The molecule has 3 nitrogen and oxygen atoms in total. The molecule has 0 radical (unpaired) electrons. The Kier molecular flexibility index (Phi) is 3.02. The van der Waals surface area contributed by atoms with Crippen molar-refractivity contribution in [3.05, 3.63) is 27.1 Å². The standard InChI is InChI=1S/C8H8INO2/c1-5-3-4-6(8(11)12-2)10-7(5)9/h3-4H,1-2H3. The van der Waals surface area contributed by atoms with Crippen LogP contribution in [0.2, 0.25) is 0 Å². The molecular formula is C8H8INO2. The average molecular weight is 277 g/mol. The molecule has 0 aromatic carbocycles. The number of carbonyl (C=O) groups excluding carboxylic acids is 1. The quantitative estimate of drug-likeness (QED) is 0.446. The molecule has 4 heteroatoms. The Morgan fingerprint density at radius 2 is 2.25 bits per heavy atom. The minimum atomic E-state index is -0.395. The van der Waals surface area contributed by atoms with Gasteiger partial charge in [-0.1, -0.05) is 6.07 Å². The summed E-state index contributed by atoms with van der Waals surface area (Å²) in [5.74, 6) is -0.395. The van der Waals surface area contributed by atoms with Gasteiger partial charge >= 0.3 is 5.97 Å². The first-order valence-corrected chi connectivity index (χ1v) is 4.44. The van der Waals surface area contributed by atoms with E-state index >= 15 is 0 Å². The Labute approximate surface area is 84.3 Å². The summed E-state index contributed by atoms with van der Waals surface area (Å²) in [6.45, 7) is 1.94. The lowest BCUT2D eigenvalue weighted by molar-refractivity contribution is 0.0594. The number of nitrogens with zero attached hydrogens (tertiary/aromatic N) is 1. The van der Waals surface area contributed by atoms with E-state index in [2.05, 4.69) is 32.3 Å². The average Bonchev–Trinajstić information content (AvgIpc) is 2.08. The highest BCUT2D eigenvalue weighted by Crippen LogP contribution is 2.09. The second-order valence-electron chi connectivity index (χ2n) is 2.30. The third-order valence-corrected chi connectivity index (χ3v) is 2.52. The molecule has 12 heavy (non-hydrogen) atoms. The minimum Gasteiger partial charge on any atom is -0.464 e. The summed E-state index contributed by atoms with van der Waals surface area (Å²) in [5.41, 5.74) is 1.41. The first kappa shape index (κ1) is 9.44. The van der Waals surface area contributed by atoms with E-state index in [4.69, 9.17) is 0 Å². The van der Waals surface area contributed by atoms with E-state index in [0.29, 0.717) is 5.69 Å². The Bertz CT molecular complexity index is 312. The summed E-state index contributed by atoms with van der Waals surface area (Å²) in [7, 11) is 1.34. The zero-order chi connectivity index (χ0) is 9.14. The van der Waals surface area contributed by atoms with Crippen molar-refractivity contribution in [3.8, 4) is 0 Å². The van der Waals surface area contributed by atoms with Crippen LogP contribution in [0.25, 0.3) is 0 Å². The second-order valence-corrected chi connectivity index (χ2v) is 3.32. The molecule has 0 amide bonds. The van der Waals surface area contributed by atoms with Crippen molar-refractivity contribution in [3.63, 3.8) is 0 Å². The number of ether oxygens (including phenoxy) is 1. The number of carbonyl (C=O) groups is 1. The van der Waals surface area contributed by atoms with Crippen LogP contribution in [0, 0.1) is 10.6 Å². The lowest BCUT2D eigenvalue weighted by Gasteiger charge is -2.00. The summed E-state index contributed by atoms with van der Waals surface area (Å²) >= 11 is 2.08. The molecule has 0 bridgehead atoms. The molecule has 0 fully saturated rings. The number of esters is 1. The number of rotatable bonds is 1. The normalized spacial score (nSPS) is 9.58. The maximum Gasteiger partial charge on any atom is 0.356 e. The van der Waals surface area contributed by atoms with Crippen LogP contribution in [0.1, 0.15) is 16.1 Å². The van der Waals surface area contributed by atoms with Crippen molar-refractivity contribution >= 4 is 28.6 Å². The largest absolute Gasteiger partial charge is 0.464 e. The fourth-order valence-corrected chi connectivity index (χ4v) is 1.16. The van der Waals surface area contributed by atoms with Crippen LogP contribution in [-0.4, -0.2) is 18.1 Å². The highest BCUT2D eigenvalue weighted by atomic mass is 127. The predicted octanol–water partition coefficient (Wildman–Crippen LogP) is 1.78. The molecule has 0 saturated heterocycles. The van der Waals surface area contributed by atoms with Crippen molar-refractivity contribution in [1.82, 2.24) is 4.98 Å². The van der Waals surface area contributed by atoms with Gasteiger partial charge in [0.15, 0.2) is 0 Å². The molecule has 0 aliphatic heterocycles. The lowest BCUT2D eigenvalue weighted by atomic mass is 10.3.